The van der Waals surface area contributed by atoms with E-state index in [9.17, 15) is 0 Å². The van der Waals surface area contributed by atoms with Crippen molar-refractivity contribution in [2.75, 3.05) is 13.7 Å². The predicted molar refractivity (Wildman–Crippen MR) is 64.0 cm³/mol. The zero-order valence-electron chi connectivity index (χ0n) is 9.75. The number of rotatable bonds is 5. The standard InChI is InChI=1S/C11H23NOS/c1-5-10(12-4)9(3)14-11-6-7-13-8(11)2/h8-12H,5-7H2,1-4H3. The van der Waals surface area contributed by atoms with Gasteiger partial charge in [-0.25, -0.2) is 0 Å². The van der Waals surface area contributed by atoms with Gasteiger partial charge in [-0.2, -0.15) is 11.8 Å². The average molecular weight is 217 g/mol. The third kappa shape index (κ3) is 3.14. The second-order valence-electron chi connectivity index (χ2n) is 4.05. The first kappa shape index (κ1) is 12.3. The zero-order valence-corrected chi connectivity index (χ0v) is 10.6. The number of ether oxygens (including phenoxy) is 1. The smallest absolute Gasteiger partial charge is 0.0666 e. The summed E-state index contributed by atoms with van der Waals surface area (Å²) in [6, 6.07) is 0.632. The summed E-state index contributed by atoms with van der Waals surface area (Å²) in [6.45, 7) is 7.70. The lowest BCUT2D eigenvalue weighted by Crippen LogP contribution is -2.35. The van der Waals surface area contributed by atoms with Crippen molar-refractivity contribution in [1.29, 1.82) is 0 Å². The number of hydrogen-bond acceptors (Lipinski definition) is 3. The van der Waals surface area contributed by atoms with Gasteiger partial charge in [0, 0.05) is 23.1 Å². The molecule has 1 N–H and O–H groups in total. The van der Waals surface area contributed by atoms with Crippen molar-refractivity contribution >= 4 is 11.8 Å². The summed E-state index contributed by atoms with van der Waals surface area (Å²) in [5.74, 6) is 0. The monoisotopic (exact) mass is 217 g/mol. The molecule has 1 aliphatic rings. The van der Waals surface area contributed by atoms with E-state index in [1.54, 1.807) is 0 Å². The molecule has 1 saturated heterocycles. The summed E-state index contributed by atoms with van der Waals surface area (Å²) in [6.07, 6.45) is 2.86. The zero-order chi connectivity index (χ0) is 10.6. The molecule has 0 aromatic carbocycles. The van der Waals surface area contributed by atoms with Gasteiger partial charge in [-0.1, -0.05) is 13.8 Å². The van der Waals surface area contributed by atoms with E-state index < -0.39 is 0 Å². The molecule has 0 bridgehead atoms. The molecule has 2 nitrogen and oxygen atoms in total. The summed E-state index contributed by atoms with van der Waals surface area (Å²) >= 11 is 2.09. The maximum Gasteiger partial charge on any atom is 0.0666 e. The largest absolute Gasteiger partial charge is 0.377 e. The molecule has 3 heteroatoms. The predicted octanol–water partition coefficient (Wildman–Crippen LogP) is 2.28. The molecule has 14 heavy (non-hydrogen) atoms. The Hall–Kier alpha value is 0.270. The van der Waals surface area contributed by atoms with Crippen LogP contribution in [-0.4, -0.2) is 36.3 Å². The normalized spacial score (nSPS) is 31.7. The molecule has 4 atom stereocenters. The van der Waals surface area contributed by atoms with E-state index in [0.29, 0.717) is 22.6 Å². The molecule has 4 unspecified atom stereocenters. The number of nitrogens with one attached hydrogen (secondary N) is 1. The molecule has 0 aromatic rings. The van der Waals surface area contributed by atoms with Gasteiger partial charge in [0.1, 0.15) is 0 Å². The highest BCUT2D eigenvalue weighted by atomic mass is 32.2. The van der Waals surface area contributed by atoms with Gasteiger partial charge in [-0.05, 0) is 26.8 Å². The summed E-state index contributed by atoms with van der Waals surface area (Å²) in [4.78, 5) is 0. The van der Waals surface area contributed by atoms with E-state index in [2.05, 4.69) is 44.9 Å². The molecule has 0 spiro atoms. The van der Waals surface area contributed by atoms with E-state index in [1.165, 1.54) is 12.8 Å². The minimum atomic E-state index is 0.441. The van der Waals surface area contributed by atoms with Crippen LogP contribution in [0.1, 0.15) is 33.6 Å². The van der Waals surface area contributed by atoms with E-state index in [4.69, 9.17) is 4.74 Å². The molecule has 1 fully saturated rings. The third-order valence-corrected chi connectivity index (χ3v) is 4.80. The Kier molecular flexibility index (Phi) is 5.28. The summed E-state index contributed by atoms with van der Waals surface area (Å²) in [5.41, 5.74) is 0. The lowest BCUT2D eigenvalue weighted by Gasteiger charge is -2.25. The van der Waals surface area contributed by atoms with Gasteiger partial charge in [0.15, 0.2) is 0 Å². The Morgan fingerprint density at radius 2 is 2.29 bits per heavy atom. The molecule has 1 heterocycles. The van der Waals surface area contributed by atoms with Crippen LogP contribution in [0.4, 0.5) is 0 Å². The van der Waals surface area contributed by atoms with E-state index in [-0.39, 0.29) is 0 Å². The second-order valence-corrected chi connectivity index (χ2v) is 5.67. The van der Waals surface area contributed by atoms with Crippen LogP contribution < -0.4 is 5.32 Å². The van der Waals surface area contributed by atoms with Crippen molar-refractivity contribution < 1.29 is 4.74 Å². The van der Waals surface area contributed by atoms with Crippen LogP contribution in [0.25, 0.3) is 0 Å². The van der Waals surface area contributed by atoms with Gasteiger partial charge in [0.2, 0.25) is 0 Å². The first-order valence-electron chi connectivity index (χ1n) is 5.63. The van der Waals surface area contributed by atoms with E-state index in [0.717, 1.165) is 6.61 Å². The molecule has 0 radical (unpaired) electrons. The van der Waals surface area contributed by atoms with Gasteiger partial charge >= 0.3 is 0 Å². The Morgan fingerprint density at radius 1 is 1.57 bits per heavy atom. The fraction of sp³-hybridized carbons (Fsp3) is 1.00. The van der Waals surface area contributed by atoms with Crippen LogP contribution in [0, 0.1) is 0 Å². The lowest BCUT2D eigenvalue weighted by atomic mass is 10.2. The Morgan fingerprint density at radius 3 is 2.71 bits per heavy atom. The summed E-state index contributed by atoms with van der Waals surface area (Å²) < 4.78 is 5.57. The SMILES string of the molecule is CCC(NC)C(C)SC1CCOC1C. The lowest BCUT2D eigenvalue weighted by molar-refractivity contribution is 0.127. The molecule has 0 aliphatic carbocycles. The van der Waals surface area contributed by atoms with Crippen molar-refractivity contribution in [3.63, 3.8) is 0 Å². The summed E-state index contributed by atoms with van der Waals surface area (Å²) in [5, 5.41) is 4.76. The van der Waals surface area contributed by atoms with Crippen LogP contribution >= 0.6 is 11.8 Å². The van der Waals surface area contributed by atoms with Gasteiger partial charge in [0.05, 0.1) is 6.10 Å². The summed E-state index contributed by atoms with van der Waals surface area (Å²) in [7, 11) is 2.06. The van der Waals surface area contributed by atoms with Crippen LogP contribution in [0.2, 0.25) is 0 Å². The van der Waals surface area contributed by atoms with Gasteiger partial charge in [0.25, 0.3) is 0 Å². The minimum absolute atomic E-state index is 0.441. The van der Waals surface area contributed by atoms with Crippen LogP contribution in [0.3, 0.4) is 0 Å². The number of thioether (sulfide) groups is 1. The van der Waals surface area contributed by atoms with E-state index in [1.807, 2.05) is 0 Å². The highest BCUT2D eigenvalue weighted by Crippen LogP contribution is 2.31. The third-order valence-electron chi connectivity index (χ3n) is 3.07. The fourth-order valence-corrected chi connectivity index (χ4v) is 3.63. The highest BCUT2D eigenvalue weighted by molar-refractivity contribution is 8.00. The van der Waals surface area contributed by atoms with Gasteiger partial charge in [-0.15, -0.1) is 0 Å². The van der Waals surface area contributed by atoms with Crippen molar-refractivity contribution in [3.05, 3.63) is 0 Å². The van der Waals surface area contributed by atoms with Gasteiger partial charge in [-0.3, -0.25) is 0 Å². The second kappa shape index (κ2) is 5.99. The molecular weight excluding hydrogens is 194 g/mol. The maximum absolute atomic E-state index is 5.57. The highest BCUT2D eigenvalue weighted by Gasteiger charge is 2.28. The molecule has 1 rings (SSSR count). The average Bonchev–Trinajstić information content (AvgIpc) is 2.54. The van der Waals surface area contributed by atoms with Crippen LogP contribution in [-0.2, 0) is 4.74 Å². The Bertz CT molecular complexity index is 161. The van der Waals surface area contributed by atoms with Crippen molar-refractivity contribution in [3.8, 4) is 0 Å². The molecule has 0 amide bonds. The van der Waals surface area contributed by atoms with Crippen molar-refractivity contribution in [1.82, 2.24) is 5.32 Å². The number of hydrogen-bond donors (Lipinski definition) is 1. The van der Waals surface area contributed by atoms with Crippen molar-refractivity contribution in [2.24, 2.45) is 0 Å². The minimum Gasteiger partial charge on any atom is -0.377 e. The topological polar surface area (TPSA) is 21.3 Å². The first-order chi connectivity index (χ1) is 6.69. The molecule has 1 aliphatic heterocycles. The Balaban J connectivity index is 2.34. The van der Waals surface area contributed by atoms with E-state index >= 15 is 0 Å². The van der Waals surface area contributed by atoms with Gasteiger partial charge < -0.3 is 10.1 Å². The van der Waals surface area contributed by atoms with Crippen LogP contribution in [0.5, 0.6) is 0 Å². The van der Waals surface area contributed by atoms with Crippen molar-refractivity contribution in [2.45, 2.75) is 56.3 Å². The molecule has 0 saturated carbocycles. The first-order valence-corrected chi connectivity index (χ1v) is 6.57. The van der Waals surface area contributed by atoms with Crippen LogP contribution in [0.15, 0.2) is 0 Å². The molecule has 84 valence electrons. The fourth-order valence-electron chi connectivity index (χ4n) is 2.03. The molecular formula is C11H23NOS. The molecule has 0 aromatic heterocycles. The Labute approximate surface area is 92.2 Å². The maximum atomic E-state index is 5.57. The quantitative estimate of drug-likeness (QED) is 0.763.